The molecule has 0 aliphatic heterocycles. The average molecular weight is 446 g/mol. The quantitative estimate of drug-likeness (QED) is 0.529. The lowest BCUT2D eigenvalue weighted by molar-refractivity contribution is 0.0531. The van der Waals surface area contributed by atoms with Gasteiger partial charge in [0.2, 0.25) is 0 Å². The lowest BCUT2D eigenvalue weighted by atomic mass is 10.1. The molecule has 1 aromatic carbocycles. The second-order valence-electron chi connectivity index (χ2n) is 7.15. The van der Waals surface area contributed by atoms with E-state index in [0.717, 1.165) is 5.56 Å². The van der Waals surface area contributed by atoms with E-state index in [2.05, 4.69) is 9.97 Å². The molecule has 0 aliphatic carbocycles. The van der Waals surface area contributed by atoms with Gasteiger partial charge in [-0.1, -0.05) is 12.1 Å². The Labute approximate surface area is 184 Å². The fraction of sp³-hybridized carbons (Fsp3) is 0.409. The van der Waals surface area contributed by atoms with Crippen LogP contribution in [-0.2, 0) is 11.3 Å². The van der Waals surface area contributed by atoms with Crippen molar-refractivity contribution in [3.8, 4) is 11.5 Å². The Balaban J connectivity index is 1.93. The van der Waals surface area contributed by atoms with E-state index >= 15 is 0 Å². The molecule has 1 atom stereocenters. The maximum absolute atomic E-state index is 12.8. The Morgan fingerprint density at radius 3 is 2.68 bits per heavy atom. The summed E-state index contributed by atoms with van der Waals surface area (Å²) in [4.78, 5) is 35.5. The number of carbonyl (C=O) groups excluding carboxylic acids is 1. The van der Waals surface area contributed by atoms with Crippen LogP contribution in [0.15, 0.2) is 23.0 Å². The number of methoxy groups -OCH3 is 2. The maximum Gasteiger partial charge on any atom is 0.348 e. The highest BCUT2D eigenvalue weighted by molar-refractivity contribution is 7.20. The molecule has 0 radical (unpaired) electrons. The molecule has 0 amide bonds. The van der Waals surface area contributed by atoms with Crippen LogP contribution in [0, 0.1) is 6.92 Å². The number of ether oxygens (including phenoxy) is 3. The monoisotopic (exact) mass is 445 g/mol. The molecular formula is C22H27N3O5S. The zero-order chi connectivity index (χ0) is 22.7. The molecule has 1 N–H and O–H groups in total. The first-order valence-electron chi connectivity index (χ1n) is 9.92. The summed E-state index contributed by atoms with van der Waals surface area (Å²) >= 11 is 1.18. The highest BCUT2D eigenvalue weighted by Crippen LogP contribution is 2.33. The highest BCUT2D eigenvalue weighted by atomic mass is 32.1. The first-order chi connectivity index (χ1) is 14.8. The Bertz CT molecular complexity index is 1150. The van der Waals surface area contributed by atoms with E-state index in [1.54, 1.807) is 28.1 Å². The van der Waals surface area contributed by atoms with Crippen molar-refractivity contribution in [3.05, 3.63) is 50.4 Å². The molecule has 0 saturated carbocycles. The van der Waals surface area contributed by atoms with Crippen LogP contribution in [0.2, 0.25) is 0 Å². The van der Waals surface area contributed by atoms with Crippen LogP contribution in [0.25, 0.3) is 10.2 Å². The van der Waals surface area contributed by atoms with Crippen molar-refractivity contribution in [1.29, 1.82) is 0 Å². The molecule has 0 aliphatic rings. The number of nitrogens with one attached hydrogen (secondary N) is 1. The number of H-pyrrole nitrogens is 1. The summed E-state index contributed by atoms with van der Waals surface area (Å²) in [6.07, 6.45) is 0. The number of hydrogen-bond donors (Lipinski definition) is 1. The number of para-hydroxylation sites is 1. The number of benzene rings is 1. The average Bonchev–Trinajstić information content (AvgIpc) is 3.09. The molecular weight excluding hydrogens is 418 g/mol. The molecule has 3 rings (SSSR count). The van der Waals surface area contributed by atoms with E-state index in [4.69, 9.17) is 14.2 Å². The van der Waals surface area contributed by atoms with E-state index < -0.39 is 5.97 Å². The van der Waals surface area contributed by atoms with Crippen molar-refractivity contribution in [3.63, 3.8) is 0 Å². The molecule has 9 heteroatoms. The van der Waals surface area contributed by atoms with Gasteiger partial charge in [-0.05, 0) is 39.4 Å². The molecule has 31 heavy (non-hydrogen) atoms. The van der Waals surface area contributed by atoms with Crippen molar-refractivity contribution < 1.29 is 19.0 Å². The third kappa shape index (κ3) is 4.42. The van der Waals surface area contributed by atoms with Gasteiger partial charge in [0.15, 0.2) is 11.5 Å². The Hall–Kier alpha value is -2.91. The van der Waals surface area contributed by atoms with Crippen molar-refractivity contribution in [2.24, 2.45) is 0 Å². The van der Waals surface area contributed by atoms with Crippen molar-refractivity contribution >= 4 is 27.5 Å². The minimum Gasteiger partial charge on any atom is -0.493 e. The van der Waals surface area contributed by atoms with Crippen molar-refractivity contribution in [2.75, 3.05) is 27.9 Å². The van der Waals surface area contributed by atoms with Gasteiger partial charge >= 0.3 is 5.97 Å². The van der Waals surface area contributed by atoms with E-state index in [1.165, 1.54) is 11.3 Å². The highest BCUT2D eigenvalue weighted by Gasteiger charge is 2.23. The summed E-state index contributed by atoms with van der Waals surface area (Å²) in [5.74, 6) is 1.43. The molecule has 2 heterocycles. The number of fused-ring (bicyclic) bond motifs is 1. The molecule has 166 valence electrons. The third-order valence-electron chi connectivity index (χ3n) is 5.24. The van der Waals surface area contributed by atoms with Gasteiger partial charge < -0.3 is 19.2 Å². The third-order valence-corrected chi connectivity index (χ3v) is 6.41. The fourth-order valence-corrected chi connectivity index (χ4v) is 4.52. The normalized spacial score (nSPS) is 12.2. The lowest BCUT2D eigenvalue weighted by Gasteiger charge is -2.25. The van der Waals surface area contributed by atoms with Gasteiger partial charge in [-0.15, -0.1) is 11.3 Å². The first-order valence-corrected chi connectivity index (χ1v) is 10.7. The van der Waals surface area contributed by atoms with E-state index in [9.17, 15) is 9.59 Å². The predicted molar refractivity (Wildman–Crippen MR) is 120 cm³/mol. The molecule has 3 aromatic rings. The van der Waals surface area contributed by atoms with Crippen LogP contribution in [0.5, 0.6) is 11.5 Å². The Morgan fingerprint density at radius 2 is 2.03 bits per heavy atom. The molecule has 0 saturated heterocycles. The number of aromatic nitrogens is 2. The topological polar surface area (TPSA) is 93.8 Å². The summed E-state index contributed by atoms with van der Waals surface area (Å²) in [7, 11) is 5.15. The maximum atomic E-state index is 12.8. The minimum atomic E-state index is -0.431. The number of esters is 1. The standard InChI is InChI=1S/C22H27N3O5S/c1-7-30-22(27)18-12(2)16-20(26)23-19(24-21(16)31-18)13(3)25(4)11-14-9-8-10-15(28-5)17(14)29-6/h8-10,13H,7,11H2,1-6H3,(H,23,24,26)/t13-/m0/s1. The Morgan fingerprint density at radius 1 is 1.29 bits per heavy atom. The zero-order valence-corrected chi connectivity index (χ0v) is 19.4. The van der Waals surface area contributed by atoms with Gasteiger partial charge in [-0.2, -0.15) is 0 Å². The minimum absolute atomic E-state index is 0.193. The van der Waals surface area contributed by atoms with Crippen LogP contribution in [0.4, 0.5) is 0 Å². The molecule has 0 unspecified atom stereocenters. The molecule has 8 nitrogen and oxygen atoms in total. The molecule has 0 bridgehead atoms. The number of aromatic amines is 1. The summed E-state index contributed by atoms with van der Waals surface area (Å²) in [6.45, 7) is 6.28. The SMILES string of the molecule is CCOC(=O)c1sc2nc([C@H](C)N(C)Cc3cccc(OC)c3OC)[nH]c(=O)c2c1C. The van der Waals surface area contributed by atoms with Crippen LogP contribution in [-0.4, -0.2) is 48.7 Å². The predicted octanol–water partition coefficient (Wildman–Crippen LogP) is 3.68. The number of rotatable bonds is 8. The summed E-state index contributed by atoms with van der Waals surface area (Å²) < 4.78 is 16.0. The van der Waals surface area contributed by atoms with Gasteiger partial charge in [-0.3, -0.25) is 9.69 Å². The largest absolute Gasteiger partial charge is 0.493 e. The van der Waals surface area contributed by atoms with Crippen molar-refractivity contribution in [1.82, 2.24) is 14.9 Å². The van der Waals surface area contributed by atoms with Crippen LogP contribution >= 0.6 is 11.3 Å². The first kappa shape index (κ1) is 22.8. The number of carbonyl (C=O) groups is 1. The van der Waals surface area contributed by atoms with Crippen molar-refractivity contribution in [2.45, 2.75) is 33.4 Å². The summed E-state index contributed by atoms with van der Waals surface area (Å²) in [5.41, 5.74) is 1.29. The van der Waals surface area contributed by atoms with Gasteiger partial charge in [0.25, 0.3) is 5.56 Å². The van der Waals surface area contributed by atoms with E-state index in [1.807, 2.05) is 37.1 Å². The van der Waals surface area contributed by atoms with Crippen LogP contribution in [0.3, 0.4) is 0 Å². The summed E-state index contributed by atoms with van der Waals surface area (Å²) in [5, 5.41) is 0.432. The van der Waals surface area contributed by atoms with Crippen LogP contribution < -0.4 is 15.0 Å². The second kappa shape index (κ2) is 9.49. The van der Waals surface area contributed by atoms with Gasteiger partial charge in [0.05, 0.1) is 32.3 Å². The molecule has 0 spiro atoms. The smallest absolute Gasteiger partial charge is 0.348 e. The number of hydrogen-bond acceptors (Lipinski definition) is 8. The van der Waals surface area contributed by atoms with Crippen LogP contribution in [0.1, 0.15) is 46.5 Å². The van der Waals surface area contributed by atoms with Gasteiger partial charge in [0.1, 0.15) is 15.5 Å². The molecule has 2 aromatic heterocycles. The van der Waals surface area contributed by atoms with E-state index in [0.29, 0.717) is 44.5 Å². The zero-order valence-electron chi connectivity index (χ0n) is 18.6. The second-order valence-corrected chi connectivity index (χ2v) is 8.15. The lowest BCUT2D eigenvalue weighted by Crippen LogP contribution is -2.26. The van der Waals surface area contributed by atoms with E-state index in [-0.39, 0.29) is 18.2 Å². The fourth-order valence-electron chi connectivity index (χ4n) is 3.44. The van der Waals surface area contributed by atoms with Gasteiger partial charge in [-0.25, -0.2) is 9.78 Å². The Kier molecular flexibility index (Phi) is 6.97. The molecule has 0 fully saturated rings. The van der Waals surface area contributed by atoms with Gasteiger partial charge in [0, 0.05) is 12.1 Å². The number of aryl methyl sites for hydroxylation is 1. The number of nitrogens with zero attached hydrogens (tertiary/aromatic N) is 2. The summed E-state index contributed by atoms with van der Waals surface area (Å²) in [6, 6.07) is 5.53. The number of thiophene rings is 1.